The third-order valence-corrected chi connectivity index (χ3v) is 7.67. The second-order valence-corrected chi connectivity index (χ2v) is 9.25. The second-order valence-electron chi connectivity index (χ2n) is 7.03. The number of nitrogens with zero attached hydrogens (tertiary/aromatic N) is 2. The Morgan fingerprint density at radius 1 is 1.00 bits per heavy atom. The van der Waals surface area contributed by atoms with Gasteiger partial charge < -0.3 is 4.74 Å². The molecule has 1 aromatic heterocycles. The Kier molecular flexibility index (Phi) is 4.65. The van der Waals surface area contributed by atoms with Crippen LogP contribution in [0.15, 0.2) is 36.4 Å². The zero-order valence-corrected chi connectivity index (χ0v) is 15.1. The monoisotopic (exact) mass is 360 g/mol. The van der Waals surface area contributed by atoms with Crippen molar-refractivity contribution in [3.8, 4) is 5.88 Å². The van der Waals surface area contributed by atoms with Crippen LogP contribution in [0.1, 0.15) is 38.5 Å². The minimum atomic E-state index is -3.19. The van der Waals surface area contributed by atoms with Gasteiger partial charge >= 0.3 is 0 Å². The lowest BCUT2D eigenvalue weighted by Gasteiger charge is -2.26. The molecule has 2 aliphatic rings. The number of hydrogen-bond acceptors (Lipinski definition) is 4. The van der Waals surface area contributed by atoms with E-state index >= 15 is 0 Å². The average molecular weight is 360 g/mol. The quantitative estimate of drug-likeness (QED) is 0.839. The Hall–Kier alpha value is -1.66. The smallest absolute Gasteiger partial charge is 0.217 e. The molecule has 0 N–H and O–H groups in total. The molecule has 25 heavy (non-hydrogen) atoms. The molecule has 6 heteroatoms. The lowest BCUT2D eigenvalue weighted by atomic mass is 10.0. The van der Waals surface area contributed by atoms with Crippen LogP contribution in [0, 0.1) is 0 Å². The van der Waals surface area contributed by atoms with Crippen molar-refractivity contribution in [2.45, 2.75) is 49.9 Å². The predicted octanol–water partition coefficient (Wildman–Crippen LogP) is 3.35. The van der Waals surface area contributed by atoms with Crippen molar-refractivity contribution in [1.29, 1.82) is 0 Å². The lowest BCUT2D eigenvalue weighted by molar-refractivity contribution is 0.207. The molecule has 2 aromatic rings. The Morgan fingerprint density at radius 3 is 2.64 bits per heavy atom. The van der Waals surface area contributed by atoms with Crippen molar-refractivity contribution in [3.63, 3.8) is 0 Å². The summed E-state index contributed by atoms with van der Waals surface area (Å²) in [5, 5.41) is 0.876. The molecule has 1 unspecified atom stereocenters. The molecule has 4 rings (SSSR count). The first-order chi connectivity index (χ1) is 12.1. The molecule has 0 radical (unpaired) electrons. The van der Waals surface area contributed by atoms with Crippen molar-refractivity contribution < 1.29 is 13.2 Å². The lowest BCUT2D eigenvalue weighted by Crippen LogP contribution is -2.39. The van der Waals surface area contributed by atoms with E-state index in [2.05, 4.69) is 4.98 Å². The number of ether oxygens (including phenoxy) is 1. The summed E-state index contributed by atoms with van der Waals surface area (Å²) in [6.45, 7) is 0.990. The highest BCUT2D eigenvalue weighted by molar-refractivity contribution is 7.89. The van der Waals surface area contributed by atoms with Crippen LogP contribution in [-0.4, -0.2) is 42.2 Å². The summed E-state index contributed by atoms with van der Waals surface area (Å²) in [6.07, 6.45) is 5.42. The van der Waals surface area contributed by atoms with E-state index in [-0.39, 0.29) is 11.4 Å². The van der Waals surface area contributed by atoms with Crippen molar-refractivity contribution in [3.05, 3.63) is 36.4 Å². The highest BCUT2D eigenvalue weighted by atomic mass is 32.2. The molecule has 1 atom stereocenters. The van der Waals surface area contributed by atoms with E-state index in [9.17, 15) is 8.42 Å². The zero-order valence-electron chi connectivity index (χ0n) is 14.3. The Morgan fingerprint density at radius 2 is 1.80 bits per heavy atom. The third-order valence-electron chi connectivity index (χ3n) is 5.30. The predicted molar refractivity (Wildman–Crippen MR) is 98.1 cm³/mol. The Balaban J connectivity index is 1.43. The molecule has 1 saturated carbocycles. The summed E-state index contributed by atoms with van der Waals surface area (Å²) in [7, 11) is -3.19. The molecule has 2 heterocycles. The maximum Gasteiger partial charge on any atom is 0.217 e. The first-order valence-electron chi connectivity index (χ1n) is 9.14. The SMILES string of the molecule is O=S(=O)(C1CCCCC1)N1CCC(Oc2ccc3ccccc3n2)C1. The van der Waals surface area contributed by atoms with Crippen LogP contribution in [0.2, 0.25) is 0 Å². The third kappa shape index (κ3) is 3.51. The summed E-state index contributed by atoms with van der Waals surface area (Å²) in [4.78, 5) is 4.53. The van der Waals surface area contributed by atoms with Crippen molar-refractivity contribution in [1.82, 2.24) is 9.29 Å². The molecule has 1 saturated heterocycles. The largest absolute Gasteiger partial charge is 0.473 e. The number of rotatable bonds is 4. The van der Waals surface area contributed by atoms with Crippen LogP contribution in [0.3, 0.4) is 0 Å². The van der Waals surface area contributed by atoms with Gasteiger partial charge in [-0.25, -0.2) is 13.4 Å². The number of hydrogen-bond donors (Lipinski definition) is 0. The van der Waals surface area contributed by atoms with Gasteiger partial charge in [0.1, 0.15) is 6.10 Å². The van der Waals surface area contributed by atoms with Gasteiger partial charge in [0.2, 0.25) is 15.9 Å². The van der Waals surface area contributed by atoms with Crippen molar-refractivity contribution in [2.75, 3.05) is 13.1 Å². The molecule has 1 aromatic carbocycles. The number of pyridine rings is 1. The average Bonchev–Trinajstić information content (AvgIpc) is 3.12. The van der Waals surface area contributed by atoms with Gasteiger partial charge in [0, 0.05) is 18.0 Å². The van der Waals surface area contributed by atoms with Crippen molar-refractivity contribution in [2.24, 2.45) is 0 Å². The molecular weight excluding hydrogens is 336 g/mol. The van der Waals surface area contributed by atoms with Gasteiger partial charge in [0.15, 0.2) is 0 Å². The Bertz CT molecular complexity index is 847. The maximum absolute atomic E-state index is 12.8. The minimum Gasteiger partial charge on any atom is -0.473 e. The van der Waals surface area contributed by atoms with Crippen molar-refractivity contribution >= 4 is 20.9 Å². The number of fused-ring (bicyclic) bond motifs is 1. The summed E-state index contributed by atoms with van der Waals surface area (Å²) >= 11 is 0. The van der Waals surface area contributed by atoms with E-state index in [4.69, 9.17) is 4.74 Å². The van der Waals surface area contributed by atoms with Crippen LogP contribution >= 0.6 is 0 Å². The van der Waals surface area contributed by atoms with Gasteiger partial charge in [-0.3, -0.25) is 0 Å². The fraction of sp³-hybridized carbons (Fsp3) is 0.526. The molecule has 0 spiro atoms. The van der Waals surface area contributed by atoms with Crippen LogP contribution in [0.25, 0.3) is 10.9 Å². The second kappa shape index (κ2) is 6.92. The highest BCUT2D eigenvalue weighted by Gasteiger charge is 2.38. The first-order valence-corrected chi connectivity index (χ1v) is 10.6. The zero-order chi connectivity index (χ0) is 17.3. The minimum absolute atomic E-state index is 0.118. The van der Waals surface area contributed by atoms with Crippen LogP contribution in [-0.2, 0) is 10.0 Å². The van der Waals surface area contributed by atoms with E-state index in [0.717, 1.165) is 49.4 Å². The summed E-state index contributed by atoms with van der Waals surface area (Å²) in [5.74, 6) is 0.570. The molecule has 1 aliphatic heterocycles. The molecule has 5 nitrogen and oxygen atoms in total. The molecule has 0 amide bonds. The fourth-order valence-electron chi connectivity index (χ4n) is 3.88. The molecule has 134 valence electrons. The summed E-state index contributed by atoms with van der Waals surface area (Å²) in [5.41, 5.74) is 0.893. The highest BCUT2D eigenvalue weighted by Crippen LogP contribution is 2.29. The molecule has 2 fully saturated rings. The molecule has 1 aliphatic carbocycles. The van der Waals surface area contributed by atoms with Gasteiger partial charge in [-0.15, -0.1) is 0 Å². The molecular formula is C19H24N2O3S. The van der Waals surface area contributed by atoms with E-state index in [1.807, 2.05) is 36.4 Å². The standard InChI is InChI=1S/C19H24N2O3S/c22-25(23,17-7-2-1-3-8-17)21-13-12-16(14-21)24-19-11-10-15-6-4-5-9-18(15)20-19/h4-6,9-11,16-17H,1-3,7-8,12-14H2. The van der Waals surface area contributed by atoms with Gasteiger partial charge in [-0.2, -0.15) is 4.31 Å². The van der Waals surface area contributed by atoms with E-state index < -0.39 is 10.0 Å². The number of benzene rings is 1. The van der Waals surface area contributed by atoms with Gasteiger partial charge in [0.05, 0.1) is 17.3 Å². The van der Waals surface area contributed by atoms with E-state index in [1.165, 1.54) is 0 Å². The maximum atomic E-state index is 12.8. The fourth-order valence-corrected chi connectivity index (χ4v) is 5.97. The van der Waals surface area contributed by atoms with E-state index in [1.54, 1.807) is 4.31 Å². The van der Waals surface area contributed by atoms with Crippen LogP contribution < -0.4 is 4.74 Å². The first kappa shape index (κ1) is 16.8. The molecule has 0 bridgehead atoms. The number of aromatic nitrogens is 1. The van der Waals surface area contributed by atoms with E-state index in [0.29, 0.717) is 19.0 Å². The summed E-state index contributed by atoms with van der Waals surface area (Å²) in [6, 6.07) is 11.8. The van der Waals surface area contributed by atoms with Crippen LogP contribution in [0.5, 0.6) is 5.88 Å². The topological polar surface area (TPSA) is 59.5 Å². The van der Waals surface area contributed by atoms with Gasteiger partial charge in [-0.1, -0.05) is 37.5 Å². The van der Waals surface area contributed by atoms with Crippen LogP contribution in [0.4, 0.5) is 0 Å². The Labute approximate surface area is 149 Å². The van der Waals surface area contributed by atoms with Gasteiger partial charge in [0.25, 0.3) is 0 Å². The normalized spacial score (nSPS) is 23.1. The van der Waals surface area contributed by atoms with Gasteiger partial charge in [-0.05, 0) is 31.4 Å². The summed E-state index contributed by atoms with van der Waals surface area (Å²) < 4.78 is 33.2. The number of sulfonamides is 1. The number of para-hydroxylation sites is 1.